The number of benzene rings is 1. The number of nitrogens with zero attached hydrogens (tertiary/aromatic N) is 3. The van der Waals surface area contributed by atoms with Gasteiger partial charge < -0.3 is 10.2 Å². The normalized spacial score (nSPS) is 20.1. The molecule has 0 saturated carbocycles. The molecule has 2 amide bonds. The highest BCUT2D eigenvalue weighted by molar-refractivity contribution is 5.81. The van der Waals surface area contributed by atoms with Crippen molar-refractivity contribution >= 4 is 11.8 Å². The molecule has 1 N–H and O–H groups in total. The van der Waals surface area contributed by atoms with Gasteiger partial charge in [0.05, 0.1) is 12.6 Å². The molecule has 0 aliphatic carbocycles. The van der Waals surface area contributed by atoms with Crippen molar-refractivity contribution in [3.05, 3.63) is 35.9 Å². The average Bonchev–Trinajstić information content (AvgIpc) is 3.04. The van der Waals surface area contributed by atoms with Crippen LogP contribution in [0, 0.1) is 0 Å². The predicted octanol–water partition coefficient (Wildman–Crippen LogP) is 1.75. The number of rotatable bonds is 7. The van der Waals surface area contributed by atoms with Crippen LogP contribution in [-0.4, -0.2) is 84.9 Å². The van der Waals surface area contributed by atoms with Crippen LogP contribution in [0.4, 0.5) is 0 Å². The quantitative estimate of drug-likeness (QED) is 0.758. The van der Waals surface area contributed by atoms with Gasteiger partial charge in [0.2, 0.25) is 11.8 Å². The molecule has 160 valence electrons. The first kappa shape index (κ1) is 21.8. The van der Waals surface area contributed by atoms with Crippen LogP contribution in [-0.2, 0) is 16.0 Å². The van der Waals surface area contributed by atoms with Crippen LogP contribution in [0.1, 0.15) is 38.2 Å². The van der Waals surface area contributed by atoms with Crippen molar-refractivity contribution in [1.29, 1.82) is 0 Å². The molecule has 2 heterocycles. The first-order valence-electron chi connectivity index (χ1n) is 11.2. The van der Waals surface area contributed by atoms with Gasteiger partial charge in [-0.25, -0.2) is 0 Å². The molecule has 2 saturated heterocycles. The fraction of sp³-hybridized carbons (Fsp3) is 0.652. The molecule has 6 heteroatoms. The molecule has 2 aliphatic heterocycles. The van der Waals surface area contributed by atoms with Gasteiger partial charge in [0.15, 0.2) is 0 Å². The predicted molar refractivity (Wildman–Crippen MR) is 116 cm³/mol. The van der Waals surface area contributed by atoms with Gasteiger partial charge in [0.1, 0.15) is 0 Å². The van der Waals surface area contributed by atoms with E-state index in [9.17, 15) is 9.59 Å². The summed E-state index contributed by atoms with van der Waals surface area (Å²) in [6.07, 6.45) is 5.61. The monoisotopic (exact) mass is 400 g/mol. The molecule has 0 bridgehead atoms. The third-order valence-corrected chi connectivity index (χ3v) is 6.21. The Balaban J connectivity index is 1.35. The molecule has 0 aromatic heterocycles. The number of hydrogen-bond donors (Lipinski definition) is 1. The Morgan fingerprint density at radius 3 is 2.24 bits per heavy atom. The van der Waals surface area contributed by atoms with Crippen molar-refractivity contribution in [2.45, 2.75) is 45.1 Å². The molecule has 1 aromatic carbocycles. The first-order chi connectivity index (χ1) is 14.1. The van der Waals surface area contributed by atoms with Gasteiger partial charge in [0.25, 0.3) is 0 Å². The minimum Gasteiger partial charge on any atom is -0.354 e. The number of amides is 2. The minimum atomic E-state index is -0.130. The van der Waals surface area contributed by atoms with Crippen LogP contribution < -0.4 is 5.32 Å². The Bertz CT molecular complexity index is 636. The highest BCUT2D eigenvalue weighted by atomic mass is 16.2. The number of piperazine rings is 1. The van der Waals surface area contributed by atoms with Crippen LogP contribution in [0.5, 0.6) is 0 Å². The molecular weight excluding hydrogens is 364 g/mol. The molecular formula is C23H36N4O2. The maximum absolute atomic E-state index is 12.6. The lowest BCUT2D eigenvalue weighted by molar-refractivity contribution is -0.133. The van der Waals surface area contributed by atoms with Gasteiger partial charge in [-0.15, -0.1) is 0 Å². The second-order valence-corrected chi connectivity index (χ2v) is 8.31. The number of carbonyl (C=O) groups excluding carboxylic acids is 2. The largest absolute Gasteiger partial charge is 0.354 e. The second kappa shape index (κ2) is 11.3. The lowest BCUT2D eigenvalue weighted by Gasteiger charge is -2.37. The molecule has 1 aromatic rings. The lowest BCUT2D eigenvalue weighted by atomic mass is 10.1. The SMILES string of the molecule is CC(C(=O)NCCc1ccccc1)N1CCN(CC(=O)N2CCCCCC2)CC1. The number of likely N-dealkylation sites (tertiary alicyclic amines) is 1. The Kier molecular flexibility index (Phi) is 8.50. The number of nitrogens with one attached hydrogen (secondary N) is 1. The van der Waals surface area contributed by atoms with E-state index in [0.717, 1.165) is 58.5 Å². The maximum atomic E-state index is 12.6. The van der Waals surface area contributed by atoms with Gasteiger partial charge >= 0.3 is 0 Å². The number of carbonyl (C=O) groups is 2. The lowest BCUT2D eigenvalue weighted by Crippen LogP contribution is -2.55. The summed E-state index contributed by atoms with van der Waals surface area (Å²) in [5.41, 5.74) is 1.24. The van der Waals surface area contributed by atoms with Gasteiger partial charge in [-0.1, -0.05) is 43.2 Å². The van der Waals surface area contributed by atoms with E-state index < -0.39 is 0 Å². The van der Waals surface area contributed by atoms with Crippen molar-refractivity contribution in [3.63, 3.8) is 0 Å². The van der Waals surface area contributed by atoms with Crippen LogP contribution in [0.2, 0.25) is 0 Å². The van der Waals surface area contributed by atoms with E-state index in [1.165, 1.54) is 18.4 Å². The summed E-state index contributed by atoms with van der Waals surface area (Å²) in [5, 5.41) is 3.07. The fourth-order valence-corrected chi connectivity index (χ4v) is 4.21. The van der Waals surface area contributed by atoms with E-state index in [1.807, 2.05) is 30.0 Å². The van der Waals surface area contributed by atoms with Crippen molar-refractivity contribution in [3.8, 4) is 0 Å². The minimum absolute atomic E-state index is 0.0926. The third kappa shape index (κ3) is 6.82. The zero-order valence-electron chi connectivity index (χ0n) is 17.8. The second-order valence-electron chi connectivity index (χ2n) is 8.31. The Morgan fingerprint density at radius 1 is 0.931 bits per heavy atom. The molecule has 0 radical (unpaired) electrons. The number of hydrogen-bond acceptors (Lipinski definition) is 4. The first-order valence-corrected chi connectivity index (χ1v) is 11.2. The molecule has 0 spiro atoms. The van der Waals surface area contributed by atoms with Gasteiger partial charge in [-0.2, -0.15) is 0 Å². The van der Waals surface area contributed by atoms with E-state index in [2.05, 4.69) is 27.2 Å². The van der Waals surface area contributed by atoms with E-state index in [-0.39, 0.29) is 17.9 Å². The van der Waals surface area contributed by atoms with Crippen LogP contribution in [0.3, 0.4) is 0 Å². The maximum Gasteiger partial charge on any atom is 0.237 e. The van der Waals surface area contributed by atoms with Crippen molar-refractivity contribution < 1.29 is 9.59 Å². The van der Waals surface area contributed by atoms with Gasteiger partial charge in [0, 0.05) is 45.8 Å². The topological polar surface area (TPSA) is 55.9 Å². The average molecular weight is 401 g/mol. The smallest absolute Gasteiger partial charge is 0.237 e. The molecule has 2 aliphatic rings. The fourth-order valence-electron chi connectivity index (χ4n) is 4.21. The van der Waals surface area contributed by atoms with Crippen molar-refractivity contribution in [2.24, 2.45) is 0 Å². The van der Waals surface area contributed by atoms with E-state index in [1.54, 1.807) is 0 Å². The van der Waals surface area contributed by atoms with Crippen molar-refractivity contribution in [1.82, 2.24) is 20.0 Å². The standard InChI is InChI=1S/C23H36N4O2/c1-20(23(29)24-12-11-21-9-5-4-6-10-21)26-17-15-25(16-18-26)19-22(28)27-13-7-2-3-8-14-27/h4-6,9-10,20H,2-3,7-8,11-19H2,1H3,(H,24,29). The highest BCUT2D eigenvalue weighted by Gasteiger charge is 2.27. The molecule has 6 nitrogen and oxygen atoms in total. The molecule has 1 atom stereocenters. The molecule has 29 heavy (non-hydrogen) atoms. The third-order valence-electron chi connectivity index (χ3n) is 6.21. The Labute approximate surface area is 175 Å². The Morgan fingerprint density at radius 2 is 1.59 bits per heavy atom. The van der Waals surface area contributed by atoms with E-state index in [4.69, 9.17) is 0 Å². The molecule has 1 unspecified atom stereocenters. The van der Waals surface area contributed by atoms with Crippen LogP contribution in [0.25, 0.3) is 0 Å². The summed E-state index contributed by atoms with van der Waals surface area (Å²) in [6, 6.07) is 10.1. The summed E-state index contributed by atoms with van der Waals surface area (Å²) in [7, 11) is 0. The van der Waals surface area contributed by atoms with Crippen LogP contribution in [0.15, 0.2) is 30.3 Å². The molecule has 3 rings (SSSR count). The Hall–Kier alpha value is -1.92. The zero-order valence-corrected chi connectivity index (χ0v) is 17.8. The van der Waals surface area contributed by atoms with Gasteiger partial charge in [-0.05, 0) is 31.7 Å². The highest BCUT2D eigenvalue weighted by Crippen LogP contribution is 2.12. The summed E-state index contributed by atoms with van der Waals surface area (Å²) in [5.74, 6) is 0.363. The molecule has 2 fully saturated rings. The van der Waals surface area contributed by atoms with Gasteiger partial charge in [-0.3, -0.25) is 19.4 Å². The summed E-state index contributed by atoms with van der Waals surface area (Å²) < 4.78 is 0. The summed E-state index contributed by atoms with van der Waals surface area (Å²) >= 11 is 0. The van der Waals surface area contributed by atoms with Crippen LogP contribution >= 0.6 is 0 Å². The zero-order chi connectivity index (χ0) is 20.5. The van der Waals surface area contributed by atoms with Crippen molar-refractivity contribution in [2.75, 3.05) is 52.4 Å². The van der Waals surface area contributed by atoms with E-state index in [0.29, 0.717) is 13.1 Å². The summed E-state index contributed by atoms with van der Waals surface area (Å²) in [6.45, 7) is 8.36. The summed E-state index contributed by atoms with van der Waals surface area (Å²) in [4.78, 5) is 31.6. The van der Waals surface area contributed by atoms with E-state index >= 15 is 0 Å².